The van der Waals surface area contributed by atoms with E-state index < -0.39 is 0 Å². The van der Waals surface area contributed by atoms with E-state index in [9.17, 15) is 0 Å². The fourth-order valence-corrected chi connectivity index (χ4v) is 11.2. The van der Waals surface area contributed by atoms with Gasteiger partial charge in [0.2, 0.25) is 0 Å². The minimum atomic E-state index is -0.103. The van der Waals surface area contributed by atoms with E-state index in [4.69, 9.17) is 4.98 Å². The number of rotatable bonds is 3. The van der Waals surface area contributed by atoms with Gasteiger partial charge in [-0.1, -0.05) is 92.7 Å². The highest BCUT2D eigenvalue weighted by atomic mass is 32.1. The van der Waals surface area contributed by atoms with Crippen molar-refractivity contribution in [3.8, 4) is 11.1 Å². The molecule has 4 heterocycles. The highest BCUT2D eigenvalue weighted by Gasteiger charge is 2.36. The quantitative estimate of drug-likeness (QED) is 0.184. The standard InChI is InChI=1S/C46H29N3S2/c1-46(2)35-14-6-3-10-28(35)29-20-18-27(23-36(29)46)48(40-16-9-13-31-30-11-5-8-17-41(30)51-44(31)40)26-19-21-39-33(22-26)34-24-37-45(50-25-47-37)42-32-12-4-7-15-38(32)49(39)43(34)42/h3-25H,1-2H3. The number of thiazole rings is 1. The molecular weight excluding hydrogens is 659 g/mol. The molecule has 0 bridgehead atoms. The summed E-state index contributed by atoms with van der Waals surface area (Å²) >= 11 is 3.62. The van der Waals surface area contributed by atoms with Crippen LogP contribution in [0.2, 0.25) is 0 Å². The SMILES string of the molecule is CC1(C)c2ccccc2-c2ccc(N(c3ccc4c(c3)c3cc5ncsc5c5c6ccccc6n4c35)c3cccc4c3sc3ccccc34)cc21. The van der Waals surface area contributed by atoms with Gasteiger partial charge in [0, 0.05) is 53.8 Å². The predicted molar refractivity (Wildman–Crippen MR) is 219 cm³/mol. The smallest absolute Gasteiger partial charge is 0.0826 e. The Morgan fingerprint density at radius 2 is 1.33 bits per heavy atom. The maximum atomic E-state index is 4.83. The van der Waals surface area contributed by atoms with Gasteiger partial charge in [-0.2, -0.15) is 0 Å². The van der Waals surface area contributed by atoms with Crippen molar-refractivity contribution in [2.24, 2.45) is 0 Å². The van der Waals surface area contributed by atoms with Crippen molar-refractivity contribution < 1.29 is 0 Å². The minimum Gasteiger partial charge on any atom is -0.309 e. The third kappa shape index (κ3) is 3.55. The van der Waals surface area contributed by atoms with Crippen molar-refractivity contribution in [2.75, 3.05) is 4.90 Å². The number of nitrogens with zero attached hydrogens (tertiary/aromatic N) is 3. The first-order valence-corrected chi connectivity index (χ1v) is 19.1. The van der Waals surface area contributed by atoms with Crippen LogP contribution in [-0.2, 0) is 5.41 Å². The van der Waals surface area contributed by atoms with Crippen molar-refractivity contribution in [3.05, 3.63) is 150 Å². The molecular formula is C46H29N3S2. The van der Waals surface area contributed by atoms with Gasteiger partial charge in [-0.25, -0.2) is 4.98 Å². The zero-order valence-electron chi connectivity index (χ0n) is 27.9. The molecule has 240 valence electrons. The minimum absolute atomic E-state index is 0.103. The lowest BCUT2D eigenvalue weighted by Crippen LogP contribution is -2.16. The average molecular weight is 688 g/mol. The molecule has 51 heavy (non-hydrogen) atoms. The van der Waals surface area contributed by atoms with Gasteiger partial charge < -0.3 is 9.30 Å². The van der Waals surface area contributed by atoms with Crippen LogP contribution in [0.15, 0.2) is 139 Å². The van der Waals surface area contributed by atoms with E-state index in [0.29, 0.717) is 0 Å². The molecule has 0 unspecified atom stereocenters. The summed E-state index contributed by atoms with van der Waals surface area (Å²) in [6, 6.07) is 49.9. The molecule has 0 saturated heterocycles. The van der Waals surface area contributed by atoms with E-state index in [2.05, 4.69) is 157 Å². The number of fused-ring (bicyclic) bond motifs is 14. The summed E-state index contributed by atoms with van der Waals surface area (Å²) in [5.74, 6) is 0. The Kier molecular flexibility index (Phi) is 5.34. The van der Waals surface area contributed by atoms with Crippen LogP contribution >= 0.6 is 22.7 Å². The number of thiophene rings is 1. The van der Waals surface area contributed by atoms with Gasteiger partial charge in [0.15, 0.2) is 0 Å². The summed E-state index contributed by atoms with van der Waals surface area (Å²) in [7, 11) is 0. The molecule has 0 fully saturated rings. The summed E-state index contributed by atoms with van der Waals surface area (Å²) in [5, 5.41) is 7.71. The first kappa shape index (κ1) is 28.0. The molecule has 5 heteroatoms. The first-order chi connectivity index (χ1) is 25.1. The summed E-state index contributed by atoms with van der Waals surface area (Å²) in [5.41, 5.74) is 15.7. The highest BCUT2D eigenvalue weighted by Crippen LogP contribution is 2.52. The van der Waals surface area contributed by atoms with Crippen molar-refractivity contribution in [2.45, 2.75) is 19.3 Å². The zero-order chi connectivity index (χ0) is 33.6. The third-order valence-electron chi connectivity index (χ3n) is 11.5. The summed E-state index contributed by atoms with van der Waals surface area (Å²) in [4.78, 5) is 7.33. The van der Waals surface area contributed by atoms with Gasteiger partial charge in [-0.3, -0.25) is 0 Å². The lowest BCUT2D eigenvalue weighted by atomic mass is 9.82. The van der Waals surface area contributed by atoms with Crippen LogP contribution in [0.3, 0.4) is 0 Å². The van der Waals surface area contributed by atoms with E-state index in [1.54, 1.807) is 11.3 Å². The Balaban J connectivity index is 1.17. The maximum Gasteiger partial charge on any atom is 0.0826 e. The number of anilines is 3. The number of benzene rings is 7. The largest absolute Gasteiger partial charge is 0.309 e. The monoisotopic (exact) mass is 687 g/mol. The van der Waals surface area contributed by atoms with E-state index in [-0.39, 0.29) is 5.41 Å². The molecule has 0 N–H and O–H groups in total. The molecule has 0 radical (unpaired) electrons. The Labute approximate surface area is 301 Å². The Hall–Kier alpha value is -5.75. The number of hydrogen-bond donors (Lipinski definition) is 0. The van der Waals surface area contributed by atoms with E-state index in [1.165, 1.54) is 96.6 Å². The van der Waals surface area contributed by atoms with Crippen molar-refractivity contribution in [3.63, 3.8) is 0 Å². The van der Waals surface area contributed by atoms with Crippen LogP contribution in [0.5, 0.6) is 0 Å². The topological polar surface area (TPSA) is 20.5 Å². The van der Waals surface area contributed by atoms with Crippen LogP contribution in [0, 0.1) is 0 Å². The number of aromatic nitrogens is 2. The maximum absolute atomic E-state index is 4.83. The van der Waals surface area contributed by atoms with Crippen molar-refractivity contribution >= 4 is 108 Å². The second-order valence-electron chi connectivity index (χ2n) is 14.4. The second-order valence-corrected chi connectivity index (χ2v) is 16.3. The molecule has 1 aliphatic carbocycles. The van der Waals surface area contributed by atoms with Gasteiger partial charge in [0.1, 0.15) is 0 Å². The average Bonchev–Trinajstić information content (AvgIpc) is 3.97. The molecule has 12 rings (SSSR count). The van der Waals surface area contributed by atoms with Crippen LogP contribution in [0.25, 0.3) is 79.6 Å². The summed E-state index contributed by atoms with van der Waals surface area (Å²) < 4.78 is 6.34. The van der Waals surface area contributed by atoms with E-state index >= 15 is 0 Å². The van der Waals surface area contributed by atoms with Gasteiger partial charge >= 0.3 is 0 Å². The normalized spacial score (nSPS) is 13.8. The Morgan fingerprint density at radius 3 is 2.27 bits per heavy atom. The van der Waals surface area contributed by atoms with E-state index in [0.717, 1.165) is 11.2 Å². The van der Waals surface area contributed by atoms with Gasteiger partial charge in [0.25, 0.3) is 0 Å². The van der Waals surface area contributed by atoms with Gasteiger partial charge in [-0.05, 0) is 76.9 Å². The zero-order valence-corrected chi connectivity index (χ0v) is 29.6. The van der Waals surface area contributed by atoms with Crippen LogP contribution in [-0.4, -0.2) is 9.38 Å². The van der Waals surface area contributed by atoms with Crippen LogP contribution in [0.1, 0.15) is 25.0 Å². The fraction of sp³-hybridized carbons (Fsp3) is 0.0652. The molecule has 0 spiro atoms. The molecule has 0 aliphatic heterocycles. The molecule has 4 aromatic heterocycles. The first-order valence-electron chi connectivity index (χ1n) is 17.5. The molecule has 7 aromatic carbocycles. The van der Waals surface area contributed by atoms with Crippen LogP contribution < -0.4 is 4.90 Å². The summed E-state index contributed by atoms with van der Waals surface area (Å²) in [6.45, 7) is 4.74. The second kappa shape index (κ2) is 9.73. The molecule has 1 aliphatic rings. The molecule has 3 nitrogen and oxygen atoms in total. The molecule has 11 aromatic rings. The molecule has 0 atom stereocenters. The number of para-hydroxylation sites is 1. The summed E-state index contributed by atoms with van der Waals surface area (Å²) in [6.07, 6.45) is 0. The lowest BCUT2D eigenvalue weighted by molar-refractivity contribution is 0.660. The predicted octanol–water partition coefficient (Wildman–Crippen LogP) is 13.6. The van der Waals surface area contributed by atoms with Crippen LogP contribution in [0.4, 0.5) is 17.1 Å². The fourth-order valence-electron chi connectivity index (χ4n) is 9.17. The number of hydrogen-bond acceptors (Lipinski definition) is 4. The molecule has 0 amide bonds. The van der Waals surface area contributed by atoms with Gasteiger partial charge in [-0.15, -0.1) is 22.7 Å². The third-order valence-corrected chi connectivity index (χ3v) is 13.5. The molecule has 0 saturated carbocycles. The lowest BCUT2D eigenvalue weighted by Gasteiger charge is -2.28. The Bertz CT molecular complexity index is 3250. The van der Waals surface area contributed by atoms with Crippen molar-refractivity contribution in [1.29, 1.82) is 0 Å². The van der Waals surface area contributed by atoms with Crippen molar-refractivity contribution in [1.82, 2.24) is 9.38 Å². The van der Waals surface area contributed by atoms with E-state index in [1.807, 2.05) is 16.8 Å². The Morgan fingerprint density at radius 1 is 0.588 bits per heavy atom. The van der Waals surface area contributed by atoms with Gasteiger partial charge in [0.05, 0.1) is 42.7 Å². The highest BCUT2D eigenvalue weighted by molar-refractivity contribution is 7.26.